The van der Waals surface area contributed by atoms with E-state index in [2.05, 4.69) is 37.4 Å². The average Bonchev–Trinajstić information content (AvgIpc) is 2.65. The molecule has 0 atom stereocenters. The maximum Gasteiger partial charge on any atom is 0.122 e. The molecular formula is C13H15NO. The van der Waals surface area contributed by atoms with Gasteiger partial charge in [-0.15, -0.1) is 0 Å². The van der Waals surface area contributed by atoms with Crippen LogP contribution < -0.4 is 5.32 Å². The molecule has 78 valence electrons. The average molecular weight is 201 g/mol. The fraction of sp³-hybridized carbons (Fsp3) is 0.231. The van der Waals surface area contributed by atoms with Gasteiger partial charge in [-0.2, -0.15) is 0 Å². The number of aryl methyl sites for hydroxylation is 2. The van der Waals surface area contributed by atoms with E-state index in [1.807, 2.05) is 12.1 Å². The van der Waals surface area contributed by atoms with Crippen LogP contribution in [0.1, 0.15) is 16.9 Å². The summed E-state index contributed by atoms with van der Waals surface area (Å²) in [5.41, 5.74) is 3.69. The third kappa shape index (κ3) is 2.62. The lowest BCUT2D eigenvalue weighted by Gasteiger charge is -2.06. The van der Waals surface area contributed by atoms with Crippen LogP contribution in [0.15, 0.2) is 41.0 Å². The number of anilines is 1. The van der Waals surface area contributed by atoms with Gasteiger partial charge in [0.1, 0.15) is 5.76 Å². The van der Waals surface area contributed by atoms with Gasteiger partial charge in [-0.1, -0.05) is 6.07 Å². The highest BCUT2D eigenvalue weighted by Crippen LogP contribution is 2.14. The summed E-state index contributed by atoms with van der Waals surface area (Å²) in [5.74, 6) is 0.953. The maximum absolute atomic E-state index is 5.25. The Balaban J connectivity index is 2.05. The molecule has 0 aliphatic rings. The van der Waals surface area contributed by atoms with Crippen LogP contribution >= 0.6 is 0 Å². The molecule has 2 heteroatoms. The minimum Gasteiger partial charge on any atom is -0.467 e. The van der Waals surface area contributed by atoms with Gasteiger partial charge in [-0.25, -0.2) is 0 Å². The van der Waals surface area contributed by atoms with Crippen molar-refractivity contribution >= 4 is 5.69 Å². The quantitative estimate of drug-likeness (QED) is 0.822. The third-order valence-corrected chi connectivity index (χ3v) is 2.27. The van der Waals surface area contributed by atoms with E-state index in [4.69, 9.17) is 4.42 Å². The Kier molecular flexibility index (Phi) is 2.77. The van der Waals surface area contributed by atoms with Crippen LogP contribution in [0.25, 0.3) is 0 Å². The van der Waals surface area contributed by atoms with Gasteiger partial charge in [0.05, 0.1) is 12.8 Å². The predicted octanol–water partition coefficient (Wildman–Crippen LogP) is 3.51. The van der Waals surface area contributed by atoms with Gasteiger partial charge < -0.3 is 9.73 Å². The van der Waals surface area contributed by atoms with Crippen molar-refractivity contribution in [3.8, 4) is 0 Å². The van der Waals surface area contributed by atoms with E-state index in [0.717, 1.165) is 18.0 Å². The van der Waals surface area contributed by atoms with E-state index in [9.17, 15) is 0 Å². The molecule has 2 nitrogen and oxygen atoms in total. The molecule has 0 fully saturated rings. The largest absolute Gasteiger partial charge is 0.467 e. The molecule has 1 heterocycles. The van der Waals surface area contributed by atoms with Gasteiger partial charge in [0, 0.05) is 5.69 Å². The van der Waals surface area contributed by atoms with Crippen molar-refractivity contribution in [2.24, 2.45) is 0 Å². The second-order valence-corrected chi connectivity index (χ2v) is 3.81. The molecule has 1 N–H and O–H groups in total. The number of hydrogen-bond donors (Lipinski definition) is 1. The molecule has 0 bridgehead atoms. The van der Waals surface area contributed by atoms with Gasteiger partial charge in [0.15, 0.2) is 0 Å². The van der Waals surface area contributed by atoms with Crippen molar-refractivity contribution in [3.05, 3.63) is 53.5 Å². The highest BCUT2D eigenvalue weighted by Gasteiger charge is 1.97. The summed E-state index contributed by atoms with van der Waals surface area (Å²) in [5, 5.41) is 3.33. The van der Waals surface area contributed by atoms with Crippen molar-refractivity contribution in [1.82, 2.24) is 0 Å². The molecule has 15 heavy (non-hydrogen) atoms. The SMILES string of the molecule is Cc1cc(C)cc(NCc2ccco2)c1. The molecule has 0 unspecified atom stereocenters. The zero-order chi connectivity index (χ0) is 10.7. The van der Waals surface area contributed by atoms with Gasteiger partial charge in [-0.3, -0.25) is 0 Å². The first-order valence-electron chi connectivity index (χ1n) is 5.08. The predicted molar refractivity (Wildman–Crippen MR) is 62.0 cm³/mol. The first-order valence-corrected chi connectivity index (χ1v) is 5.08. The van der Waals surface area contributed by atoms with E-state index < -0.39 is 0 Å². The molecule has 1 aromatic heterocycles. The Labute approximate surface area is 89.9 Å². The minimum absolute atomic E-state index is 0.732. The Morgan fingerprint density at radius 1 is 1.13 bits per heavy atom. The number of benzene rings is 1. The highest BCUT2D eigenvalue weighted by molar-refractivity contribution is 5.48. The van der Waals surface area contributed by atoms with Gasteiger partial charge in [0.2, 0.25) is 0 Å². The Morgan fingerprint density at radius 2 is 1.87 bits per heavy atom. The molecule has 0 aliphatic heterocycles. The molecule has 0 radical (unpaired) electrons. The molecular weight excluding hydrogens is 186 g/mol. The first-order chi connectivity index (χ1) is 7.24. The van der Waals surface area contributed by atoms with Crippen LogP contribution in [0, 0.1) is 13.8 Å². The summed E-state index contributed by atoms with van der Waals surface area (Å²) in [4.78, 5) is 0. The summed E-state index contributed by atoms with van der Waals surface area (Å²) < 4.78 is 5.25. The third-order valence-electron chi connectivity index (χ3n) is 2.27. The minimum atomic E-state index is 0.732. The zero-order valence-electron chi connectivity index (χ0n) is 9.08. The lowest BCUT2D eigenvalue weighted by atomic mass is 10.1. The Bertz CT molecular complexity index is 412. The van der Waals surface area contributed by atoms with Gasteiger partial charge in [0.25, 0.3) is 0 Å². The van der Waals surface area contributed by atoms with E-state index >= 15 is 0 Å². The van der Waals surface area contributed by atoms with E-state index in [0.29, 0.717) is 0 Å². The van der Waals surface area contributed by atoms with Crippen LogP contribution in [-0.2, 0) is 6.54 Å². The van der Waals surface area contributed by atoms with E-state index in [1.165, 1.54) is 11.1 Å². The maximum atomic E-state index is 5.25. The molecule has 0 saturated heterocycles. The van der Waals surface area contributed by atoms with Crippen molar-refractivity contribution < 1.29 is 4.42 Å². The monoisotopic (exact) mass is 201 g/mol. The van der Waals surface area contributed by atoms with Gasteiger partial charge >= 0.3 is 0 Å². The lowest BCUT2D eigenvalue weighted by molar-refractivity contribution is 0.518. The Morgan fingerprint density at radius 3 is 2.47 bits per heavy atom. The van der Waals surface area contributed by atoms with E-state index in [-0.39, 0.29) is 0 Å². The number of rotatable bonds is 3. The molecule has 2 aromatic rings. The molecule has 0 aliphatic carbocycles. The zero-order valence-corrected chi connectivity index (χ0v) is 9.08. The molecule has 2 rings (SSSR count). The number of hydrogen-bond acceptors (Lipinski definition) is 2. The second-order valence-electron chi connectivity index (χ2n) is 3.81. The number of nitrogens with one attached hydrogen (secondary N) is 1. The summed E-state index contributed by atoms with van der Waals surface area (Å²) in [6.07, 6.45) is 1.69. The van der Waals surface area contributed by atoms with Crippen molar-refractivity contribution in [1.29, 1.82) is 0 Å². The summed E-state index contributed by atoms with van der Waals surface area (Å²) in [7, 11) is 0. The fourth-order valence-corrected chi connectivity index (χ4v) is 1.68. The van der Waals surface area contributed by atoms with Crippen molar-refractivity contribution in [2.45, 2.75) is 20.4 Å². The van der Waals surface area contributed by atoms with Crippen molar-refractivity contribution in [3.63, 3.8) is 0 Å². The van der Waals surface area contributed by atoms with Crippen LogP contribution in [-0.4, -0.2) is 0 Å². The van der Waals surface area contributed by atoms with Crippen LogP contribution in [0.2, 0.25) is 0 Å². The normalized spacial score (nSPS) is 10.3. The number of furan rings is 1. The molecule has 1 aromatic carbocycles. The van der Waals surface area contributed by atoms with E-state index in [1.54, 1.807) is 6.26 Å². The van der Waals surface area contributed by atoms with Crippen LogP contribution in [0.3, 0.4) is 0 Å². The fourth-order valence-electron chi connectivity index (χ4n) is 1.68. The molecule has 0 saturated carbocycles. The lowest BCUT2D eigenvalue weighted by Crippen LogP contribution is -1.98. The first kappa shape index (κ1) is 9.84. The summed E-state index contributed by atoms with van der Waals surface area (Å²) in [6.45, 7) is 4.94. The van der Waals surface area contributed by atoms with Crippen LogP contribution in [0.5, 0.6) is 0 Å². The second kappa shape index (κ2) is 4.22. The Hall–Kier alpha value is -1.70. The highest BCUT2D eigenvalue weighted by atomic mass is 16.3. The van der Waals surface area contributed by atoms with Gasteiger partial charge in [-0.05, 0) is 49.2 Å². The van der Waals surface area contributed by atoms with Crippen molar-refractivity contribution in [2.75, 3.05) is 5.32 Å². The molecule has 0 amide bonds. The topological polar surface area (TPSA) is 25.2 Å². The molecule has 0 spiro atoms. The standard InChI is InChI=1S/C13H15NO/c1-10-6-11(2)8-12(7-10)14-9-13-4-3-5-15-13/h3-8,14H,9H2,1-2H3. The summed E-state index contributed by atoms with van der Waals surface area (Å²) in [6, 6.07) is 10.3. The smallest absolute Gasteiger partial charge is 0.122 e. The summed E-state index contributed by atoms with van der Waals surface area (Å²) >= 11 is 0. The van der Waals surface area contributed by atoms with Crippen LogP contribution in [0.4, 0.5) is 5.69 Å².